The van der Waals surface area contributed by atoms with Crippen molar-refractivity contribution in [2.75, 3.05) is 5.73 Å². The van der Waals surface area contributed by atoms with Crippen LogP contribution < -0.4 is 5.73 Å². The molecule has 2 nitrogen and oxygen atoms in total. The van der Waals surface area contributed by atoms with Crippen LogP contribution in [0.2, 0.25) is 5.02 Å². The van der Waals surface area contributed by atoms with Crippen LogP contribution in [0, 0.1) is 0 Å². The lowest BCUT2D eigenvalue weighted by atomic mass is 9.96. The topological polar surface area (TPSA) is 43.1 Å². The molecule has 2 N–H and O–H groups in total. The fraction of sp³-hybridized carbons (Fsp3) is 0. The van der Waals surface area contributed by atoms with E-state index in [0.29, 0.717) is 21.2 Å². The van der Waals surface area contributed by atoms with Crippen LogP contribution in [0.25, 0.3) is 21.9 Å². The van der Waals surface area contributed by atoms with Gasteiger partial charge in [0.05, 0.1) is 10.6 Å². The molecule has 0 aliphatic rings. The van der Waals surface area contributed by atoms with Gasteiger partial charge in [0.15, 0.2) is 5.78 Å². The van der Waals surface area contributed by atoms with E-state index >= 15 is 0 Å². The van der Waals surface area contributed by atoms with Crippen molar-refractivity contribution in [2.24, 2.45) is 0 Å². The van der Waals surface area contributed by atoms with Crippen molar-refractivity contribution < 1.29 is 4.79 Å². The Labute approximate surface area is 154 Å². The second-order valence-corrected chi connectivity index (χ2v) is 7.13. The van der Waals surface area contributed by atoms with Gasteiger partial charge in [0.25, 0.3) is 0 Å². The van der Waals surface area contributed by atoms with E-state index in [2.05, 4.69) is 24.3 Å². The molecule has 0 unspecified atom stereocenters. The first-order valence-electron chi connectivity index (χ1n) is 7.80. The van der Waals surface area contributed by atoms with Crippen LogP contribution >= 0.6 is 22.9 Å². The molecule has 0 amide bonds. The smallest absolute Gasteiger partial charge is 0.196 e. The molecular formula is C21H14ClNOS. The Bertz CT molecular complexity index is 1080. The minimum atomic E-state index is -0.0847. The van der Waals surface area contributed by atoms with Gasteiger partial charge in [-0.05, 0) is 46.7 Å². The first-order chi connectivity index (χ1) is 12.1. The van der Waals surface area contributed by atoms with Gasteiger partial charge in [-0.2, -0.15) is 0 Å². The summed E-state index contributed by atoms with van der Waals surface area (Å²) in [6.45, 7) is 0. The summed E-state index contributed by atoms with van der Waals surface area (Å²) in [5.41, 5.74) is 9.13. The number of fused-ring (bicyclic) bond motifs is 1. The molecule has 0 fully saturated rings. The number of rotatable bonds is 3. The van der Waals surface area contributed by atoms with Crippen LogP contribution in [-0.4, -0.2) is 5.78 Å². The molecule has 0 saturated carbocycles. The van der Waals surface area contributed by atoms with Crippen LogP contribution in [0.4, 0.5) is 5.00 Å². The molecule has 1 heterocycles. The van der Waals surface area contributed by atoms with E-state index in [1.165, 1.54) is 16.7 Å². The van der Waals surface area contributed by atoms with Crippen molar-refractivity contribution >= 4 is 44.5 Å². The van der Waals surface area contributed by atoms with E-state index in [1.807, 2.05) is 23.6 Å². The van der Waals surface area contributed by atoms with Crippen molar-refractivity contribution in [3.05, 3.63) is 88.3 Å². The maximum absolute atomic E-state index is 13.0. The van der Waals surface area contributed by atoms with Gasteiger partial charge < -0.3 is 5.73 Å². The van der Waals surface area contributed by atoms with Gasteiger partial charge in [0, 0.05) is 21.5 Å². The van der Waals surface area contributed by atoms with Gasteiger partial charge in [-0.1, -0.05) is 48.0 Å². The predicted octanol–water partition coefficient (Wildman–Crippen LogP) is 6.03. The van der Waals surface area contributed by atoms with Gasteiger partial charge in [0.2, 0.25) is 0 Å². The molecule has 0 saturated heterocycles. The molecule has 25 heavy (non-hydrogen) atoms. The fourth-order valence-corrected chi connectivity index (χ4v) is 3.87. The van der Waals surface area contributed by atoms with E-state index in [4.69, 9.17) is 17.3 Å². The molecular weight excluding hydrogens is 350 g/mol. The van der Waals surface area contributed by atoms with Crippen molar-refractivity contribution in [2.45, 2.75) is 0 Å². The Morgan fingerprint density at radius 3 is 2.40 bits per heavy atom. The lowest BCUT2D eigenvalue weighted by Crippen LogP contribution is -2.04. The molecule has 0 radical (unpaired) electrons. The number of carbonyl (C=O) groups excluding carboxylic acids is 1. The monoisotopic (exact) mass is 363 g/mol. The molecule has 0 spiro atoms. The Hall–Kier alpha value is -2.62. The summed E-state index contributed by atoms with van der Waals surface area (Å²) in [4.78, 5) is 13.0. The van der Waals surface area contributed by atoms with Crippen molar-refractivity contribution in [1.29, 1.82) is 0 Å². The summed E-state index contributed by atoms with van der Waals surface area (Å²) >= 11 is 7.31. The number of halogens is 1. The summed E-state index contributed by atoms with van der Waals surface area (Å²) in [5, 5.41) is 5.38. The number of thiophene rings is 1. The first-order valence-corrected chi connectivity index (χ1v) is 9.05. The maximum atomic E-state index is 13.0. The summed E-state index contributed by atoms with van der Waals surface area (Å²) in [5.74, 6) is -0.0847. The molecule has 0 aliphatic heterocycles. The zero-order valence-electron chi connectivity index (χ0n) is 13.2. The highest BCUT2D eigenvalue weighted by molar-refractivity contribution is 7.15. The largest absolute Gasteiger partial charge is 0.390 e. The van der Waals surface area contributed by atoms with E-state index in [1.54, 1.807) is 24.3 Å². The van der Waals surface area contributed by atoms with Crippen LogP contribution in [-0.2, 0) is 0 Å². The Balaban J connectivity index is 1.83. The number of ketones is 1. The van der Waals surface area contributed by atoms with Crippen LogP contribution in [0.1, 0.15) is 15.9 Å². The fourth-order valence-electron chi connectivity index (χ4n) is 2.92. The zero-order chi connectivity index (χ0) is 17.4. The van der Waals surface area contributed by atoms with Crippen molar-refractivity contribution in [1.82, 2.24) is 0 Å². The van der Waals surface area contributed by atoms with Crippen LogP contribution in [0.15, 0.2) is 72.1 Å². The van der Waals surface area contributed by atoms with Gasteiger partial charge >= 0.3 is 0 Å². The number of hydrogen-bond acceptors (Lipinski definition) is 3. The van der Waals surface area contributed by atoms with E-state index in [0.717, 1.165) is 16.5 Å². The van der Waals surface area contributed by atoms with E-state index in [-0.39, 0.29) is 5.78 Å². The van der Waals surface area contributed by atoms with Crippen LogP contribution in [0.5, 0.6) is 0 Å². The second-order valence-electron chi connectivity index (χ2n) is 5.79. The third kappa shape index (κ3) is 2.93. The van der Waals surface area contributed by atoms with Gasteiger partial charge in [0.1, 0.15) is 0 Å². The number of nitrogen functional groups attached to an aromatic ring is 1. The van der Waals surface area contributed by atoms with Gasteiger partial charge in [-0.15, -0.1) is 11.3 Å². The number of nitrogens with two attached hydrogens (primary N) is 1. The first kappa shape index (κ1) is 15.9. The highest BCUT2D eigenvalue weighted by atomic mass is 35.5. The summed E-state index contributed by atoms with van der Waals surface area (Å²) in [6, 6.07) is 21.2. The maximum Gasteiger partial charge on any atom is 0.196 e. The van der Waals surface area contributed by atoms with Gasteiger partial charge in [-0.3, -0.25) is 4.79 Å². The van der Waals surface area contributed by atoms with E-state index in [9.17, 15) is 4.79 Å². The number of anilines is 1. The number of benzene rings is 3. The third-order valence-corrected chi connectivity index (χ3v) is 5.28. The van der Waals surface area contributed by atoms with Crippen molar-refractivity contribution in [3.63, 3.8) is 0 Å². The predicted molar refractivity (Wildman–Crippen MR) is 107 cm³/mol. The summed E-state index contributed by atoms with van der Waals surface area (Å²) < 4.78 is 0. The summed E-state index contributed by atoms with van der Waals surface area (Å²) in [6.07, 6.45) is 0. The molecule has 122 valence electrons. The van der Waals surface area contributed by atoms with E-state index < -0.39 is 0 Å². The Morgan fingerprint density at radius 1 is 0.920 bits per heavy atom. The van der Waals surface area contributed by atoms with Crippen LogP contribution in [0.3, 0.4) is 0 Å². The summed E-state index contributed by atoms with van der Waals surface area (Å²) in [7, 11) is 0. The minimum Gasteiger partial charge on any atom is -0.390 e. The highest BCUT2D eigenvalue weighted by Crippen LogP contribution is 2.36. The lowest BCUT2D eigenvalue weighted by Gasteiger charge is -2.07. The molecule has 0 atom stereocenters. The normalized spacial score (nSPS) is 10.9. The Kier molecular flexibility index (Phi) is 4.04. The third-order valence-electron chi connectivity index (χ3n) is 4.21. The average Bonchev–Trinajstić information content (AvgIpc) is 3.03. The lowest BCUT2D eigenvalue weighted by molar-refractivity contribution is 0.104. The molecule has 3 aromatic carbocycles. The quantitative estimate of drug-likeness (QED) is 0.451. The van der Waals surface area contributed by atoms with Crippen molar-refractivity contribution in [3.8, 4) is 11.1 Å². The minimum absolute atomic E-state index is 0.0847. The zero-order valence-corrected chi connectivity index (χ0v) is 14.8. The number of carbonyl (C=O) groups is 1. The molecule has 0 bridgehead atoms. The SMILES string of the molecule is Nc1scc(-c2ccc3ccccc3c2)c1C(=O)c1ccc(Cl)cc1. The second kappa shape index (κ2) is 6.36. The highest BCUT2D eigenvalue weighted by Gasteiger charge is 2.20. The molecule has 4 heteroatoms. The number of hydrogen-bond donors (Lipinski definition) is 1. The Morgan fingerprint density at radius 2 is 1.64 bits per heavy atom. The van der Waals surface area contributed by atoms with Gasteiger partial charge in [-0.25, -0.2) is 0 Å². The molecule has 4 aromatic rings. The molecule has 4 rings (SSSR count). The standard InChI is InChI=1S/C21H14ClNOS/c22-17-9-7-14(8-10-17)20(24)19-18(12-25-21(19)23)16-6-5-13-3-1-2-4-15(13)11-16/h1-12H,23H2. The molecule has 0 aliphatic carbocycles. The molecule has 1 aromatic heterocycles. The average molecular weight is 364 g/mol.